The van der Waals surface area contributed by atoms with E-state index in [1.54, 1.807) is 0 Å². The summed E-state index contributed by atoms with van der Waals surface area (Å²) in [5.74, 6) is -0.0467. The van der Waals surface area contributed by atoms with Gasteiger partial charge in [-0.15, -0.1) is 0 Å². The first-order valence-corrected chi connectivity index (χ1v) is 26.1. The van der Waals surface area contributed by atoms with Crippen molar-refractivity contribution in [2.24, 2.45) is 0 Å². The number of carbonyl (C=O) groups excluding carboxylic acids is 1. The van der Waals surface area contributed by atoms with Crippen molar-refractivity contribution in [3.63, 3.8) is 0 Å². The SMILES string of the molecule is CC/C=C\C/C=C\C/C=C\C/C=C\C/C=C\C/C=C\C/C=C\C/C=C\C/C=C\CCCCCCCCCC(=O)NC(CO)C(O)CCCCCCCCCCCCCCCCC. The maximum atomic E-state index is 12.5. The van der Waals surface area contributed by atoms with E-state index in [4.69, 9.17) is 0 Å². The molecule has 2 unspecified atom stereocenters. The van der Waals surface area contributed by atoms with Gasteiger partial charge in [-0.05, 0) is 83.5 Å². The standard InChI is InChI=1S/C58H99NO3/c1-3-5-7-9-11-13-15-17-19-20-21-22-23-24-25-26-27-28-29-30-31-32-33-34-35-36-37-38-40-42-44-46-48-50-52-54-58(62)59-56(55-60)57(61)53-51-49-47-45-43-41-39-18-16-14-12-10-8-6-4-2/h5,7,11,13,17,19,21-22,24-25,27-28,30-31,33-34,36-37,56-57,60-61H,3-4,6,8-10,12,14-16,18,20,23,26,29,32,35,38-55H2,1-2H3,(H,59,62)/b7-5-,13-11-,19-17-,22-21-,25-24-,28-27-,31-30-,34-33-,37-36-. The average molecular weight is 858 g/mol. The fourth-order valence-corrected chi connectivity index (χ4v) is 7.35. The third-order valence-electron chi connectivity index (χ3n) is 11.3. The van der Waals surface area contributed by atoms with E-state index in [2.05, 4.69) is 129 Å². The molecule has 0 radical (unpaired) electrons. The van der Waals surface area contributed by atoms with E-state index >= 15 is 0 Å². The molecule has 0 saturated heterocycles. The van der Waals surface area contributed by atoms with Gasteiger partial charge < -0.3 is 15.5 Å². The molecule has 0 bridgehead atoms. The molecule has 62 heavy (non-hydrogen) atoms. The molecule has 0 aromatic rings. The molecule has 354 valence electrons. The zero-order valence-corrected chi connectivity index (χ0v) is 40.6. The first-order chi connectivity index (χ1) is 30.7. The Morgan fingerprint density at radius 2 is 0.710 bits per heavy atom. The fraction of sp³-hybridized carbons (Fsp3) is 0.672. The number of aliphatic hydroxyl groups is 2. The van der Waals surface area contributed by atoms with Gasteiger partial charge in [0.2, 0.25) is 5.91 Å². The van der Waals surface area contributed by atoms with E-state index in [1.807, 2.05) is 0 Å². The maximum absolute atomic E-state index is 12.5. The predicted octanol–water partition coefficient (Wildman–Crippen LogP) is 17.1. The van der Waals surface area contributed by atoms with Crippen molar-refractivity contribution in [2.45, 2.75) is 244 Å². The minimum Gasteiger partial charge on any atom is -0.394 e. The number of hydrogen-bond donors (Lipinski definition) is 3. The van der Waals surface area contributed by atoms with Crippen LogP contribution in [0, 0.1) is 0 Å². The zero-order valence-electron chi connectivity index (χ0n) is 40.6. The highest BCUT2D eigenvalue weighted by Crippen LogP contribution is 2.15. The molecule has 0 heterocycles. The van der Waals surface area contributed by atoms with Gasteiger partial charge in [0, 0.05) is 6.42 Å². The number of rotatable bonds is 46. The highest BCUT2D eigenvalue weighted by Gasteiger charge is 2.20. The van der Waals surface area contributed by atoms with Gasteiger partial charge in [-0.25, -0.2) is 0 Å². The number of hydrogen-bond acceptors (Lipinski definition) is 3. The molecular weight excluding hydrogens is 759 g/mol. The smallest absolute Gasteiger partial charge is 0.220 e. The Labute approximate surface area is 385 Å². The van der Waals surface area contributed by atoms with Crippen LogP contribution in [0.5, 0.6) is 0 Å². The lowest BCUT2D eigenvalue weighted by Crippen LogP contribution is -2.45. The monoisotopic (exact) mass is 858 g/mol. The third kappa shape index (κ3) is 48.1. The van der Waals surface area contributed by atoms with Gasteiger partial charge in [0.05, 0.1) is 18.8 Å². The van der Waals surface area contributed by atoms with Crippen LogP contribution in [-0.4, -0.2) is 34.9 Å². The Hall–Kier alpha value is -2.95. The number of carbonyl (C=O) groups is 1. The van der Waals surface area contributed by atoms with Gasteiger partial charge in [-0.3, -0.25) is 4.79 Å². The number of unbranched alkanes of at least 4 members (excludes halogenated alkanes) is 21. The van der Waals surface area contributed by atoms with E-state index in [0.717, 1.165) is 96.3 Å². The molecular formula is C58H99NO3. The number of allylic oxidation sites excluding steroid dienone is 18. The summed E-state index contributed by atoms with van der Waals surface area (Å²) < 4.78 is 0. The molecule has 0 aliphatic carbocycles. The minimum atomic E-state index is -0.671. The molecule has 2 atom stereocenters. The van der Waals surface area contributed by atoms with Crippen LogP contribution in [0.3, 0.4) is 0 Å². The maximum Gasteiger partial charge on any atom is 0.220 e. The highest BCUT2D eigenvalue weighted by atomic mass is 16.3. The van der Waals surface area contributed by atoms with Crippen LogP contribution in [0.25, 0.3) is 0 Å². The third-order valence-corrected chi connectivity index (χ3v) is 11.3. The molecule has 4 nitrogen and oxygen atoms in total. The second-order valence-electron chi connectivity index (χ2n) is 17.2. The molecule has 0 fully saturated rings. The Balaban J connectivity index is 3.62. The molecule has 4 heteroatoms. The number of aliphatic hydroxyl groups excluding tert-OH is 2. The highest BCUT2D eigenvalue weighted by molar-refractivity contribution is 5.76. The molecule has 3 N–H and O–H groups in total. The normalized spacial score (nSPS) is 13.8. The lowest BCUT2D eigenvalue weighted by atomic mass is 10.0. The van der Waals surface area contributed by atoms with E-state index in [1.165, 1.54) is 109 Å². The van der Waals surface area contributed by atoms with Gasteiger partial charge in [-0.1, -0.05) is 252 Å². The van der Waals surface area contributed by atoms with Crippen molar-refractivity contribution >= 4 is 5.91 Å². The van der Waals surface area contributed by atoms with Crippen molar-refractivity contribution in [1.82, 2.24) is 5.32 Å². The molecule has 0 aromatic heterocycles. The summed E-state index contributed by atoms with van der Waals surface area (Å²) in [6.45, 7) is 4.24. The van der Waals surface area contributed by atoms with Gasteiger partial charge in [0.1, 0.15) is 0 Å². The summed E-state index contributed by atoms with van der Waals surface area (Å²) in [6.07, 6.45) is 79.0. The minimum absolute atomic E-state index is 0.0467. The molecule has 1 amide bonds. The van der Waals surface area contributed by atoms with Gasteiger partial charge in [-0.2, -0.15) is 0 Å². The fourth-order valence-electron chi connectivity index (χ4n) is 7.35. The largest absolute Gasteiger partial charge is 0.394 e. The molecule has 0 aliphatic rings. The van der Waals surface area contributed by atoms with Crippen LogP contribution in [0.4, 0.5) is 0 Å². The Bertz CT molecular complexity index is 1200. The van der Waals surface area contributed by atoms with Crippen LogP contribution in [0.15, 0.2) is 109 Å². The van der Waals surface area contributed by atoms with Crippen molar-refractivity contribution in [3.8, 4) is 0 Å². The second-order valence-corrected chi connectivity index (χ2v) is 17.2. The van der Waals surface area contributed by atoms with Gasteiger partial charge in [0.25, 0.3) is 0 Å². The molecule has 0 rings (SSSR count). The van der Waals surface area contributed by atoms with Crippen molar-refractivity contribution in [1.29, 1.82) is 0 Å². The molecule has 0 spiro atoms. The average Bonchev–Trinajstić information content (AvgIpc) is 3.28. The van der Waals surface area contributed by atoms with Crippen LogP contribution < -0.4 is 5.32 Å². The lowest BCUT2D eigenvalue weighted by molar-refractivity contribution is -0.123. The Morgan fingerprint density at radius 1 is 0.403 bits per heavy atom. The quantitative estimate of drug-likeness (QED) is 0.0422. The summed E-state index contributed by atoms with van der Waals surface area (Å²) in [6, 6.07) is -0.550. The summed E-state index contributed by atoms with van der Waals surface area (Å²) in [5, 5.41) is 23.2. The second kappa shape index (κ2) is 52.4. The molecule has 0 aromatic carbocycles. The topological polar surface area (TPSA) is 69.6 Å². The van der Waals surface area contributed by atoms with E-state index in [-0.39, 0.29) is 12.5 Å². The number of nitrogens with one attached hydrogen (secondary N) is 1. The Kier molecular flexibility index (Phi) is 49.9. The number of amides is 1. The summed E-state index contributed by atoms with van der Waals surface area (Å²) in [5.41, 5.74) is 0. The first kappa shape index (κ1) is 59.0. The van der Waals surface area contributed by atoms with Crippen LogP contribution in [-0.2, 0) is 4.79 Å². The van der Waals surface area contributed by atoms with Gasteiger partial charge in [0.15, 0.2) is 0 Å². The van der Waals surface area contributed by atoms with Crippen LogP contribution in [0.2, 0.25) is 0 Å². The zero-order chi connectivity index (χ0) is 44.9. The summed E-state index contributed by atoms with van der Waals surface area (Å²) in [4.78, 5) is 12.5. The summed E-state index contributed by atoms with van der Waals surface area (Å²) in [7, 11) is 0. The van der Waals surface area contributed by atoms with E-state index in [0.29, 0.717) is 12.8 Å². The Morgan fingerprint density at radius 3 is 1.06 bits per heavy atom. The van der Waals surface area contributed by atoms with Crippen LogP contribution >= 0.6 is 0 Å². The van der Waals surface area contributed by atoms with Crippen LogP contribution in [0.1, 0.15) is 232 Å². The predicted molar refractivity (Wildman–Crippen MR) is 276 cm³/mol. The molecule has 0 aliphatic heterocycles. The van der Waals surface area contributed by atoms with E-state index in [9.17, 15) is 15.0 Å². The van der Waals surface area contributed by atoms with Crippen molar-refractivity contribution in [3.05, 3.63) is 109 Å². The van der Waals surface area contributed by atoms with Crippen molar-refractivity contribution < 1.29 is 15.0 Å². The van der Waals surface area contributed by atoms with Gasteiger partial charge >= 0.3 is 0 Å². The summed E-state index contributed by atoms with van der Waals surface area (Å²) >= 11 is 0. The molecule has 0 saturated carbocycles. The van der Waals surface area contributed by atoms with Crippen molar-refractivity contribution in [2.75, 3.05) is 6.61 Å². The lowest BCUT2D eigenvalue weighted by Gasteiger charge is -2.22. The van der Waals surface area contributed by atoms with E-state index < -0.39 is 12.1 Å². The first-order valence-electron chi connectivity index (χ1n) is 26.1.